The van der Waals surface area contributed by atoms with Crippen LogP contribution in [0.3, 0.4) is 0 Å². The summed E-state index contributed by atoms with van der Waals surface area (Å²) < 4.78 is 15.6. The van der Waals surface area contributed by atoms with Crippen molar-refractivity contribution in [1.29, 1.82) is 0 Å². The SMILES string of the molecule is COc1ccccc1CNC(=O)CO/N=C/c1cc(Cl)c(OC)c(OC)c1. The minimum atomic E-state index is -0.302. The summed E-state index contributed by atoms with van der Waals surface area (Å²) in [6, 6.07) is 10.8. The van der Waals surface area contributed by atoms with Gasteiger partial charge in [0.15, 0.2) is 18.1 Å². The standard InChI is InChI=1S/C19H21ClN2O5/c1-24-16-7-5-4-6-14(16)11-21-18(23)12-27-22-10-13-8-15(20)19(26-3)17(9-13)25-2/h4-10H,11-12H2,1-3H3,(H,21,23)/b22-10+. The van der Waals surface area contributed by atoms with Crippen molar-refractivity contribution in [2.45, 2.75) is 6.54 Å². The molecule has 0 aliphatic rings. The van der Waals surface area contributed by atoms with Crippen LogP contribution in [0.15, 0.2) is 41.6 Å². The molecular formula is C19H21ClN2O5. The maximum Gasteiger partial charge on any atom is 0.261 e. The lowest BCUT2D eigenvalue weighted by Gasteiger charge is -2.10. The van der Waals surface area contributed by atoms with Crippen molar-refractivity contribution < 1.29 is 23.8 Å². The van der Waals surface area contributed by atoms with Gasteiger partial charge in [-0.15, -0.1) is 0 Å². The van der Waals surface area contributed by atoms with Gasteiger partial charge in [-0.05, 0) is 18.2 Å². The molecular weight excluding hydrogens is 372 g/mol. The van der Waals surface area contributed by atoms with Gasteiger partial charge in [-0.1, -0.05) is 35.0 Å². The number of methoxy groups -OCH3 is 3. The first-order valence-electron chi connectivity index (χ1n) is 8.04. The number of carbonyl (C=O) groups excluding carboxylic acids is 1. The fourth-order valence-electron chi connectivity index (χ4n) is 2.30. The van der Waals surface area contributed by atoms with Crippen LogP contribution in [0, 0.1) is 0 Å². The lowest BCUT2D eigenvalue weighted by Crippen LogP contribution is -2.26. The van der Waals surface area contributed by atoms with Gasteiger partial charge in [0.05, 0.1) is 32.6 Å². The second kappa shape index (κ2) is 10.3. The van der Waals surface area contributed by atoms with Crippen LogP contribution in [0.5, 0.6) is 17.2 Å². The molecule has 0 aliphatic carbocycles. The molecule has 0 saturated carbocycles. The summed E-state index contributed by atoms with van der Waals surface area (Å²) in [6.45, 7) is 0.119. The third-order valence-electron chi connectivity index (χ3n) is 3.60. The van der Waals surface area contributed by atoms with Gasteiger partial charge >= 0.3 is 0 Å². The van der Waals surface area contributed by atoms with Crippen LogP contribution < -0.4 is 19.5 Å². The summed E-state index contributed by atoms with van der Waals surface area (Å²) in [5.41, 5.74) is 1.52. The van der Waals surface area contributed by atoms with Gasteiger partial charge in [0.1, 0.15) is 5.75 Å². The molecule has 7 nitrogen and oxygen atoms in total. The monoisotopic (exact) mass is 392 g/mol. The van der Waals surface area contributed by atoms with Crippen LogP contribution in [0.4, 0.5) is 0 Å². The van der Waals surface area contributed by atoms with Crippen molar-refractivity contribution in [2.24, 2.45) is 5.16 Å². The Balaban J connectivity index is 1.85. The van der Waals surface area contributed by atoms with E-state index >= 15 is 0 Å². The maximum absolute atomic E-state index is 11.9. The first-order chi connectivity index (χ1) is 13.1. The van der Waals surface area contributed by atoms with E-state index in [1.54, 1.807) is 19.2 Å². The molecule has 2 aromatic carbocycles. The minimum absolute atomic E-state index is 0.216. The number of nitrogens with zero attached hydrogens (tertiary/aromatic N) is 1. The zero-order valence-corrected chi connectivity index (χ0v) is 16.1. The number of hydrogen-bond donors (Lipinski definition) is 1. The van der Waals surface area contributed by atoms with Crippen molar-refractivity contribution in [3.8, 4) is 17.2 Å². The van der Waals surface area contributed by atoms with Gasteiger partial charge in [0.2, 0.25) is 0 Å². The molecule has 0 aromatic heterocycles. The number of nitrogens with one attached hydrogen (secondary N) is 1. The van der Waals surface area contributed by atoms with Gasteiger partial charge in [-0.3, -0.25) is 4.79 Å². The molecule has 0 heterocycles. The Morgan fingerprint density at radius 3 is 2.56 bits per heavy atom. The van der Waals surface area contributed by atoms with E-state index in [0.717, 1.165) is 5.56 Å². The van der Waals surface area contributed by atoms with Crippen molar-refractivity contribution in [3.63, 3.8) is 0 Å². The molecule has 1 N–H and O–H groups in total. The lowest BCUT2D eigenvalue weighted by molar-refractivity contribution is -0.125. The number of ether oxygens (including phenoxy) is 3. The molecule has 0 radical (unpaired) electrons. The van der Waals surface area contributed by atoms with Gasteiger partial charge in [0, 0.05) is 17.7 Å². The molecule has 0 atom stereocenters. The molecule has 0 bridgehead atoms. The molecule has 27 heavy (non-hydrogen) atoms. The summed E-state index contributed by atoms with van der Waals surface area (Å²) in [5, 5.41) is 6.90. The molecule has 1 amide bonds. The number of oxime groups is 1. The number of amides is 1. The van der Waals surface area contributed by atoms with Crippen molar-refractivity contribution in [2.75, 3.05) is 27.9 Å². The number of halogens is 1. The van der Waals surface area contributed by atoms with Crippen LogP contribution in [0.2, 0.25) is 5.02 Å². The fraction of sp³-hybridized carbons (Fsp3) is 0.263. The molecule has 8 heteroatoms. The molecule has 0 spiro atoms. The first-order valence-corrected chi connectivity index (χ1v) is 8.42. The van der Waals surface area contributed by atoms with Crippen molar-refractivity contribution in [1.82, 2.24) is 5.32 Å². The predicted molar refractivity (Wildman–Crippen MR) is 103 cm³/mol. The molecule has 0 unspecified atom stereocenters. The molecule has 2 aromatic rings. The number of para-hydroxylation sites is 1. The van der Waals surface area contributed by atoms with Gasteiger partial charge in [-0.25, -0.2) is 0 Å². The fourth-order valence-corrected chi connectivity index (χ4v) is 2.60. The molecule has 144 valence electrons. The second-order valence-corrected chi connectivity index (χ2v) is 5.74. The Morgan fingerprint density at radius 2 is 1.85 bits per heavy atom. The van der Waals surface area contributed by atoms with Gasteiger partial charge < -0.3 is 24.4 Å². The van der Waals surface area contributed by atoms with E-state index in [0.29, 0.717) is 34.4 Å². The largest absolute Gasteiger partial charge is 0.496 e. The highest BCUT2D eigenvalue weighted by atomic mass is 35.5. The van der Waals surface area contributed by atoms with E-state index in [9.17, 15) is 4.79 Å². The Labute approximate surface area is 162 Å². The Kier molecular flexibility index (Phi) is 7.76. The summed E-state index contributed by atoms with van der Waals surface area (Å²) in [7, 11) is 4.60. The number of carbonyl (C=O) groups is 1. The summed E-state index contributed by atoms with van der Waals surface area (Å²) in [6.07, 6.45) is 1.43. The lowest BCUT2D eigenvalue weighted by atomic mass is 10.2. The van der Waals surface area contributed by atoms with E-state index in [4.69, 9.17) is 30.6 Å². The highest BCUT2D eigenvalue weighted by Gasteiger charge is 2.10. The van der Waals surface area contributed by atoms with Crippen LogP contribution >= 0.6 is 11.6 Å². The van der Waals surface area contributed by atoms with Crippen molar-refractivity contribution in [3.05, 3.63) is 52.5 Å². The first kappa shape index (κ1) is 20.4. The third kappa shape index (κ3) is 5.79. The zero-order valence-electron chi connectivity index (χ0n) is 15.3. The quantitative estimate of drug-likeness (QED) is 0.524. The normalized spacial score (nSPS) is 10.5. The van der Waals surface area contributed by atoms with E-state index in [1.807, 2.05) is 24.3 Å². The van der Waals surface area contributed by atoms with E-state index in [-0.39, 0.29) is 12.5 Å². The van der Waals surface area contributed by atoms with Gasteiger partial charge in [-0.2, -0.15) is 0 Å². The Bertz CT molecular complexity index is 811. The Hall–Kier alpha value is -2.93. The van der Waals surface area contributed by atoms with E-state index < -0.39 is 0 Å². The third-order valence-corrected chi connectivity index (χ3v) is 3.88. The minimum Gasteiger partial charge on any atom is -0.496 e. The van der Waals surface area contributed by atoms with E-state index in [2.05, 4.69) is 10.5 Å². The summed E-state index contributed by atoms with van der Waals surface area (Å²) in [5.74, 6) is 1.32. The van der Waals surface area contributed by atoms with Crippen molar-refractivity contribution >= 4 is 23.7 Å². The highest BCUT2D eigenvalue weighted by molar-refractivity contribution is 6.32. The number of hydrogen-bond acceptors (Lipinski definition) is 6. The zero-order chi connectivity index (χ0) is 19.6. The molecule has 0 fully saturated rings. The van der Waals surface area contributed by atoms with Gasteiger partial charge in [0.25, 0.3) is 5.91 Å². The average molecular weight is 393 g/mol. The highest BCUT2D eigenvalue weighted by Crippen LogP contribution is 2.35. The second-order valence-electron chi connectivity index (χ2n) is 5.33. The molecule has 0 aliphatic heterocycles. The van der Waals surface area contributed by atoms with Crippen LogP contribution in [-0.4, -0.2) is 40.1 Å². The summed E-state index contributed by atoms with van der Waals surface area (Å²) in [4.78, 5) is 16.9. The molecule has 0 saturated heterocycles. The van der Waals surface area contributed by atoms with Crippen LogP contribution in [0.1, 0.15) is 11.1 Å². The Morgan fingerprint density at radius 1 is 1.11 bits per heavy atom. The number of rotatable bonds is 9. The average Bonchev–Trinajstić information content (AvgIpc) is 2.69. The van der Waals surface area contributed by atoms with Crippen LogP contribution in [0.25, 0.3) is 0 Å². The van der Waals surface area contributed by atoms with Crippen LogP contribution in [-0.2, 0) is 16.2 Å². The molecule has 2 rings (SSSR count). The maximum atomic E-state index is 11.9. The summed E-state index contributed by atoms with van der Waals surface area (Å²) >= 11 is 6.12. The smallest absolute Gasteiger partial charge is 0.261 e. The predicted octanol–water partition coefficient (Wildman–Crippen LogP) is 3.03. The topological polar surface area (TPSA) is 78.4 Å². The number of benzene rings is 2. The van der Waals surface area contributed by atoms with E-state index in [1.165, 1.54) is 20.4 Å².